The number of hydrogen-bond acceptors (Lipinski definition) is 3. The summed E-state index contributed by atoms with van der Waals surface area (Å²) in [7, 11) is 0. The average Bonchev–Trinajstić information content (AvgIpc) is 2.14. The van der Waals surface area contributed by atoms with Gasteiger partial charge in [-0.3, -0.25) is 0 Å². The van der Waals surface area contributed by atoms with Crippen LogP contribution in [0, 0.1) is 6.92 Å². The van der Waals surface area contributed by atoms with Crippen molar-refractivity contribution in [3.63, 3.8) is 0 Å². The first-order valence-corrected chi connectivity index (χ1v) is 4.16. The first kappa shape index (κ1) is 6.85. The van der Waals surface area contributed by atoms with Crippen molar-refractivity contribution >= 4 is 22.4 Å². The predicted octanol–water partition coefficient (Wildman–Crippen LogP) is 1.03. The van der Waals surface area contributed by atoms with Gasteiger partial charge >= 0.3 is 0 Å². The molecule has 1 atom stereocenters. The third-order valence-corrected chi connectivity index (χ3v) is 2.61. The van der Waals surface area contributed by atoms with Crippen LogP contribution in [0.25, 0.3) is 0 Å². The summed E-state index contributed by atoms with van der Waals surface area (Å²) in [6.45, 7) is 1.79. The minimum Gasteiger partial charge on any atom is -0.302 e. The third-order valence-electron chi connectivity index (χ3n) is 0.772. The molecule has 1 heterocycles. The summed E-state index contributed by atoms with van der Waals surface area (Å²) < 4.78 is 19.2. The van der Waals surface area contributed by atoms with Gasteiger partial charge in [-0.15, -0.1) is 11.3 Å². The molecule has 50 valence electrons. The zero-order valence-corrected chi connectivity index (χ0v) is 6.33. The first-order valence-electron chi connectivity index (χ1n) is 2.23. The monoisotopic (exact) mass is 163 g/mol. The number of rotatable bonds is 1. The summed E-state index contributed by atoms with van der Waals surface area (Å²) in [4.78, 5) is 3.80. The molecule has 0 fully saturated rings. The molecule has 0 aliphatic carbocycles. The molecule has 3 nitrogen and oxygen atoms in total. The van der Waals surface area contributed by atoms with Crippen LogP contribution in [-0.4, -0.2) is 13.7 Å². The van der Waals surface area contributed by atoms with Crippen molar-refractivity contribution in [1.82, 2.24) is 4.98 Å². The zero-order valence-electron chi connectivity index (χ0n) is 4.70. The third kappa shape index (κ3) is 1.57. The standard InChI is InChI=1S/C4H5NO2S2/c1-3-5-2-4(8-3)9(6)7/h2H,1H3,(H,6,7). The summed E-state index contributed by atoms with van der Waals surface area (Å²) in [5.41, 5.74) is 0. The molecule has 0 aromatic carbocycles. The van der Waals surface area contributed by atoms with Gasteiger partial charge in [-0.1, -0.05) is 0 Å². The molecule has 0 spiro atoms. The van der Waals surface area contributed by atoms with Crippen molar-refractivity contribution in [1.29, 1.82) is 0 Å². The maximum absolute atomic E-state index is 10.3. The Bertz CT molecular complexity index is 232. The van der Waals surface area contributed by atoms with Gasteiger partial charge in [0.15, 0.2) is 11.1 Å². The van der Waals surface area contributed by atoms with Crippen LogP contribution in [-0.2, 0) is 11.1 Å². The molecule has 0 bridgehead atoms. The lowest BCUT2D eigenvalue weighted by molar-refractivity contribution is 0.566. The Labute approximate surface area is 59.0 Å². The molecular weight excluding hydrogens is 158 g/mol. The highest BCUT2D eigenvalue weighted by Gasteiger charge is 2.01. The Morgan fingerprint density at radius 2 is 2.56 bits per heavy atom. The van der Waals surface area contributed by atoms with Crippen molar-refractivity contribution < 1.29 is 8.76 Å². The van der Waals surface area contributed by atoms with E-state index >= 15 is 0 Å². The van der Waals surface area contributed by atoms with E-state index < -0.39 is 11.1 Å². The Morgan fingerprint density at radius 1 is 1.89 bits per heavy atom. The van der Waals surface area contributed by atoms with Crippen molar-refractivity contribution in [2.75, 3.05) is 0 Å². The number of hydrogen-bond donors (Lipinski definition) is 1. The van der Waals surface area contributed by atoms with E-state index in [1.54, 1.807) is 6.92 Å². The van der Waals surface area contributed by atoms with Crippen LogP contribution in [0.15, 0.2) is 10.4 Å². The maximum Gasteiger partial charge on any atom is 0.198 e. The minimum absolute atomic E-state index is 0.410. The summed E-state index contributed by atoms with van der Waals surface area (Å²) in [6.07, 6.45) is 1.41. The highest BCUT2D eigenvalue weighted by molar-refractivity contribution is 7.81. The van der Waals surface area contributed by atoms with E-state index in [2.05, 4.69) is 4.98 Å². The lowest BCUT2D eigenvalue weighted by atomic mass is 10.8. The molecule has 1 N–H and O–H groups in total. The van der Waals surface area contributed by atoms with E-state index in [-0.39, 0.29) is 0 Å². The summed E-state index contributed by atoms with van der Waals surface area (Å²) in [6, 6.07) is 0. The van der Waals surface area contributed by atoms with Crippen LogP contribution in [0.3, 0.4) is 0 Å². The van der Waals surface area contributed by atoms with Gasteiger partial charge in [0.05, 0.1) is 11.2 Å². The second-order valence-corrected chi connectivity index (χ2v) is 3.88. The molecule has 0 saturated heterocycles. The van der Waals surface area contributed by atoms with Crippen LogP contribution < -0.4 is 0 Å². The zero-order chi connectivity index (χ0) is 6.85. The highest BCUT2D eigenvalue weighted by atomic mass is 32.2. The predicted molar refractivity (Wildman–Crippen MR) is 35.9 cm³/mol. The van der Waals surface area contributed by atoms with E-state index in [1.165, 1.54) is 17.5 Å². The fraction of sp³-hybridized carbons (Fsp3) is 0.250. The topological polar surface area (TPSA) is 50.2 Å². The Morgan fingerprint density at radius 3 is 2.78 bits per heavy atom. The second kappa shape index (κ2) is 2.55. The van der Waals surface area contributed by atoms with Gasteiger partial charge in [-0.05, 0) is 6.92 Å². The maximum atomic E-state index is 10.3. The molecule has 0 aliphatic rings. The number of thiazole rings is 1. The Balaban J connectivity index is 2.98. The van der Waals surface area contributed by atoms with Gasteiger partial charge in [0.1, 0.15) is 4.21 Å². The molecule has 0 amide bonds. The molecule has 0 aliphatic heterocycles. The van der Waals surface area contributed by atoms with Crippen molar-refractivity contribution in [2.24, 2.45) is 0 Å². The smallest absolute Gasteiger partial charge is 0.198 e. The molecule has 9 heavy (non-hydrogen) atoms. The normalized spacial score (nSPS) is 13.6. The highest BCUT2D eigenvalue weighted by Crippen LogP contribution is 2.13. The van der Waals surface area contributed by atoms with E-state index in [4.69, 9.17) is 4.55 Å². The average molecular weight is 163 g/mol. The summed E-state index contributed by atoms with van der Waals surface area (Å²) in [5, 5.41) is 0.812. The fourth-order valence-corrected chi connectivity index (χ4v) is 1.71. The Hall–Kier alpha value is -0.260. The number of aryl methyl sites for hydroxylation is 1. The first-order chi connectivity index (χ1) is 4.20. The molecule has 1 rings (SSSR count). The molecule has 0 radical (unpaired) electrons. The van der Waals surface area contributed by atoms with Crippen LogP contribution in [0.5, 0.6) is 0 Å². The SMILES string of the molecule is Cc1ncc(S(=O)O)s1. The largest absolute Gasteiger partial charge is 0.302 e. The van der Waals surface area contributed by atoms with E-state index in [0.29, 0.717) is 4.21 Å². The van der Waals surface area contributed by atoms with Crippen molar-refractivity contribution in [2.45, 2.75) is 11.1 Å². The summed E-state index contributed by atoms with van der Waals surface area (Å²) >= 11 is -0.618. The number of aromatic nitrogens is 1. The lowest BCUT2D eigenvalue weighted by Crippen LogP contribution is -1.80. The minimum atomic E-state index is -1.85. The molecule has 0 saturated carbocycles. The molecule has 1 aromatic rings. The van der Waals surface area contributed by atoms with Gasteiger partial charge in [0, 0.05) is 0 Å². The second-order valence-electron chi connectivity index (χ2n) is 1.45. The van der Waals surface area contributed by atoms with Crippen LogP contribution in [0.1, 0.15) is 5.01 Å². The van der Waals surface area contributed by atoms with Gasteiger partial charge < -0.3 is 4.55 Å². The lowest BCUT2D eigenvalue weighted by Gasteiger charge is -1.79. The van der Waals surface area contributed by atoms with Gasteiger partial charge in [-0.25, -0.2) is 9.19 Å². The molecule has 1 aromatic heterocycles. The summed E-state index contributed by atoms with van der Waals surface area (Å²) in [5.74, 6) is 0. The van der Waals surface area contributed by atoms with Gasteiger partial charge in [-0.2, -0.15) is 0 Å². The molecule has 1 unspecified atom stereocenters. The van der Waals surface area contributed by atoms with Crippen LogP contribution in [0.4, 0.5) is 0 Å². The molecule has 5 heteroatoms. The van der Waals surface area contributed by atoms with Crippen LogP contribution >= 0.6 is 11.3 Å². The van der Waals surface area contributed by atoms with Gasteiger partial charge in [0.2, 0.25) is 0 Å². The number of nitrogens with zero attached hydrogens (tertiary/aromatic N) is 1. The quantitative estimate of drug-likeness (QED) is 0.629. The van der Waals surface area contributed by atoms with Crippen molar-refractivity contribution in [3.8, 4) is 0 Å². The van der Waals surface area contributed by atoms with E-state index in [0.717, 1.165) is 5.01 Å². The molecular formula is C4H5NO2S2. The Kier molecular flexibility index (Phi) is 1.94. The van der Waals surface area contributed by atoms with E-state index in [1.807, 2.05) is 0 Å². The van der Waals surface area contributed by atoms with E-state index in [9.17, 15) is 4.21 Å². The van der Waals surface area contributed by atoms with Gasteiger partial charge in [0.25, 0.3) is 0 Å². The van der Waals surface area contributed by atoms with Crippen LogP contribution in [0.2, 0.25) is 0 Å². The van der Waals surface area contributed by atoms with Crippen molar-refractivity contribution in [3.05, 3.63) is 11.2 Å². The fourth-order valence-electron chi connectivity index (χ4n) is 0.423.